The summed E-state index contributed by atoms with van der Waals surface area (Å²) in [6, 6.07) is 25.0. The van der Waals surface area contributed by atoms with Crippen LogP contribution < -0.4 is 9.47 Å². The lowest BCUT2D eigenvalue weighted by molar-refractivity contribution is -0.141. The summed E-state index contributed by atoms with van der Waals surface area (Å²) in [6.45, 7) is 0.440. The Balaban J connectivity index is 1.88. The molecule has 0 aliphatic rings. The van der Waals surface area contributed by atoms with Crippen LogP contribution in [0.5, 0.6) is 11.5 Å². The van der Waals surface area contributed by atoms with Crippen LogP contribution in [0.15, 0.2) is 78.9 Å². The Morgan fingerprint density at radius 3 is 2.11 bits per heavy atom. The molecule has 4 nitrogen and oxygen atoms in total. The summed E-state index contributed by atoms with van der Waals surface area (Å²) in [5.74, 6) is 0.365. The van der Waals surface area contributed by atoms with Crippen molar-refractivity contribution in [2.45, 2.75) is 12.5 Å². The average Bonchev–Trinajstić information content (AvgIpc) is 2.74. The van der Waals surface area contributed by atoms with Crippen molar-refractivity contribution in [3.63, 3.8) is 0 Å². The summed E-state index contributed by atoms with van der Waals surface area (Å²) >= 11 is 0. The molecule has 0 heterocycles. The normalized spacial score (nSPS) is 11.5. The van der Waals surface area contributed by atoms with Gasteiger partial charge < -0.3 is 14.2 Å². The second-order valence-corrected chi connectivity index (χ2v) is 6.05. The predicted molar refractivity (Wildman–Crippen MR) is 104 cm³/mol. The highest BCUT2D eigenvalue weighted by Gasteiger charge is 2.24. The van der Waals surface area contributed by atoms with E-state index in [1.807, 2.05) is 78.9 Å². The molecule has 0 fully saturated rings. The Bertz CT molecular complexity index is 875. The topological polar surface area (TPSA) is 44.8 Å². The molecule has 27 heavy (non-hydrogen) atoms. The van der Waals surface area contributed by atoms with Crippen LogP contribution in [-0.4, -0.2) is 20.2 Å². The molecule has 0 saturated heterocycles. The summed E-state index contributed by atoms with van der Waals surface area (Å²) in [5, 5.41) is 0. The molecule has 4 heteroatoms. The molecule has 3 aromatic carbocycles. The monoisotopic (exact) mass is 362 g/mol. The van der Waals surface area contributed by atoms with Gasteiger partial charge in [-0.1, -0.05) is 66.7 Å². The highest BCUT2D eigenvalue weighted by molar-refractivity contribution is 5.82. The van der Waals surface area contributed by atoms with Crippen LogP contribution in [0.1, 0.15) is 22.6 Å². The van der Waals surface area contributed by atoms with E-state index in [4.69, 9.17) is 14.2 Å². The minimum absolute atomic E-state index is 0.318. The maximum absolute atomic E-state index is 12.4. The largest absolute Gasteiger partial charge is 0.493 e. The molecule has 0 aliphatic carbocycles. The molecular weight excluding hydrogens is 340 g/mol. The SMILES string of the molecule is COC(=O)C(c1ccccc1)c1ccc(OCc2ccccc2)c(OC)c1. The summed E-state index contributed by atoms with van der Waals surface area (Å²) in [6.07, 6.45) is 0. The molecule has 3 aromatic rings. The fraction of sp³-hybridized carbons (Fsp3) is 0.174. The third-order valence-corrected chi connectivity index (χ3v) is 4.33. The summed E-state index contributed by atoms with van der Waals surface area (Å²) in [5.41, 5.74) is 2.72. The number of carbonyl (C=O) groups is 1. The second kappa shape index (κ2) is 8.90. The van der Waals surface area contributed by atoms with Crippen LogP contribution in [0, 0.1) is 0 Å². The van der Waals surface area contributed by atoms with Crippen molar-refractivity contribution in [2.75, 3.05) is 14.2 Å². The number of hydrogen-bond donors (Lipinski definition) is 0. The minimum atomic E-state index is -0.520. The molecule has 0 aliphatic heterocycles. The zero-order valence-corrected chi connectivity index (χ0v) is 15.4. The Hall–Kier alpha value is -3.27. The van der Waals surface area contributed by atoms with Gasteiger partial charge in [-0.3, -0.25) is 4.79 Å². The Labute approximate surface area is 159 Å². The van der Waals surface area contributed by atoms with Gasteiger partial charge in [0.2, 0.25) is 0 Å². The van der Waals surface area contributed by atoms with Crippen LogP contribution in [0.2, 0.25) is 0 Å². The van der Waals surface area contributed by atoms with Gasteiger partial charge in [0.15, 0.2) is 11.5 Å². The van der Waals surface area contributed by atoms with E-state index in [0.717, 1.165) is 16.7 Å². The van der Waals surface area contributed by atoms with Crippen molar-refractivity contribution in [1.29, 1.82) is 0 Å². The molecule has 138 valence electrons. The van der Waals surface area contributed by atoms with Gasteiger partial charge in [0.25, 0.3) is 0 Å². The molecular formula is C23H22O4. The zero-order chi connectivity index (χ0) is 19.1. The summed E-state index contributed by atoms with van der Waals surface area (Å²) < 4.78 is 16.4. The summed E-state index contributed by atoms with van der Waals surface area (Å²) in [4.78, 5) is 12.4. The average molecular weight is 362 g/mol. The van der Waals surface area contributed by atoms with Gasteiger partial charge >= 0.3 is 5.97 Å². The van der Waals surface area contributed by atoms with E-state index in [1.54, 1.807) is 7.11 Å². The fourth-order valence-electron chi connectivity index (χ4n) is 2.95. The first-order chi connectivity index (χ1) is 13.2. The van der Waals surface area contributed by atoms with Crippen molar-refractivity contribution in [1.82, 2.24) is 0 Å². The lowest BCUT2D eigenvalue weighted by Crippen LogP contribution is -2.15. The van der Waals surface area contributed by atoms with E-state index in [0.29, 0.717) is 18.1 Å². The van der Waals surface area contributed by atoms with Crippen molar-refractivity contribution in [3.8, 4) is 11.5 Å². The quantitative estimate of drug-likeness (QED) is 0.577. The molecule has 0 saturated carbocycles. The highest BCUT2D eigenvalue weighted by atomic mass is 16.5. The van der Waals surface area contributed by atoms with E-state index in [1.165, 1.54) is 7.11 Å². The van der Waals surface area contributed by atoms with E-state index in [2.05, 4.69) is 0 Å². The van der Waals surface area contributed by atoms with E-state index in [9.17, 15) is 4.79 Å². The van der Waals surface area contributed by atoms with Gasteiger partial charge in [-0.05, 0) is 28.8 Å². The van der Waals surface area contributed by atoms with E-state index in [-0.39, 0.29) is 5.97 Å². The van der Waals surface area contributed by atoms with Gasteiger partial charge in [0.1, 0.15) is 12.5 Å². The molecule has 0 amide bonds. The molecule has 0 bridgehead atoms. The molecule has 0 N–H and O–H groups in total. The number of benzene rings is 3. The van der Waals surface area contributed by atoms with Crippen LogP contribution in [0.4, 0.5) is 0 Å². The van der Waals surface area contributed by atoms with Crippen molar-refractivity contribution < 1.29 is 19.0 Å². The van der Waals surface area contributed by atoms with Crippen LogP contribution in [0.3, 0.4) is 0 Å². The summed E-state index contributed by atoms with van der Waals surface area (Å²) in [7, 11) is 2.98. The third kappa shape index (κ3) is 4.47. The van der Waals surface area contributed by atoms with Gasteiger partial charge in [0, 0.05) is 0 Å². The Morgan fingerprint density at radius 2 is 1.48 bits per heavy atom. The molecule has 0 aromatic heterocycles. The molecule has 0 radical (unpaired) electrons. The molecule has 1 unspecified atom stereocenters. The fourth-order valence-corrected chi connectivity index (χ4v) is 2.95. The van der Waals surface area contributed by atoms with E-state index >= 15 is 0 Å². The van der Waals surface area contributed by atoms with Crippen molar-refractivity contribution in [2.24, 2.45) is 0 Å². The molecule has 3 rings (SSSR count). The van der Waals surface area contributed by atoms with Crippen molar-refractivity contribution in [3.05, 3.63) is 95.6 Å². The smallest absolute Gasteiger partial charge is 0.317 e. The minimum Gasteiger partial charge on any atom is -0.493 e. The second-order valence-electron chi connectivity index (χ2n) is 6.05. The number of hydrogen-bond acceptors (Lipinski definition) is 4. The van der Waals surface area contributed by atoms with Crippen LogP contribution >= 0.6 is 0 Å². The number of rotatable bonds is 7. The number of methoxy groups -OCH3 is 2. The lowest BCUT2D eigenvalue weighted by Gasteiger charge is -2.18. The first-order valence-electron chi connectivity index (χ1n) is 8.70. The Morgan fingerprint density at radius 1 is 0.815 bits per heavy atom. The standard InChI is InChI=1S/C23H22O4/c1-25-21-15-19(22(23(24)26-2)18-11-7-4-8-12-18)13-14-20(21)27-16-17-9-5-3-6-10-17/h3-15,22H,16H2,1-2H3. The first kappa shape index (κ1) is 18.5. The van der Waals surface area contributed by atoms with Gasteiger partial charge in [0.05, 0.1) is 14.2 Å². The Kier molecular flexibility index (Phi) is 6.10. The zero-order valence-electron chi connectivity index (χ0n) is 15.4. The lowest BCUT2D eigenvalue weighted by atomic mass is 9.91. The number of carbonyl (C=O) groups excluding carboxylic acids is 1. The number of esters is 1. The van der Waals surface area contributed by atoms with Gasteiger partial charge in [-0.15, -0.1) is 0 Å². The molecule has 1 atom stereocenters. The predicted octanol–water partition coefficient (Wildman–Crippen LogP) is 4.58. The third-order valence-electron chi connectivity index (χ3n) is 4.33. The highest BCUT2D eigenvalue weighted by Crippen LogP contribution is 2.34. The first-order valence-corrected chi connectivity index (χ1v) is 8.70. The maximum atomic E-state index is 12.4. The van der Waals surface area contributed by atoms with E-state index < -0.39 is 5.92 Å². The number of ether oxygens (including phenoxy) is 3. The van der Waals surface area contributed by atoms with Crippen LogP contribution in [-0.2, 0) is 16.1 Å². The van der Waals surface area contributed by atoms with Gasteiger partial charge in [-0.25, -0.2) is 0 Å². The van der Waals surface area contributed by atoms with Gasteiger partial charge in [-0.2, -0.15) is 0 Å². The maximum Gasteiger partial charge on any atom is 0.317 e. The van der Waals surface area contributed by atoms with Crippen LogP contribution in [0.25, 0.3) is 0 Å². The molecule has 0 spiro atoms. The van der Waals surface area contributed by atoms with Crippen molar-refractivity contribution >= 4 is 5.97 Å².